The number of carboxylic acid groups (broad SMARTS) is 2. The molecule has 0 aliphatic heterocycles. The largest absolute Gasteiger partial charge is 0.550 e. The van der Waals surface area contributed by atoms with Gasteiger partial charge in [-0.2, -0.15) is 0 Å². The lowest BCUT2D eigenvalue weighted by molar-refractivity contribution is -0.321. The molecule has 25 heavy (non-hydrogen) atoms. The van der Waals surface area contributed by atoms with Gasteiger partial charge in [0.05, 0.1) is 0 Å². The van der Waals surface area contributed by atoms with Gasteiger partial charge >= 0.3 is 0 Å². The summed E-state index contributed by atoms with van der Waals surface area (Å²) in [7, 11) is 0. The molecule has 0 fully saturated rings. The van der Waals surface area contributed by atoms with E-state index in [1.54, 1.807) is 0 Å². The monoisotopic (exact) mass is 354 g/mol. The summed E-state index contributed by atoms with van der Waals surface area (Å²) < 4.78 is 0. The van der Waals surface area contributed by atoms with E-state index in [2.05, 4.69) is 13.8 Å². The summed E-state index contributed by atoms with van der Waals surface area (Å²) >= 11 is 0. The third-order valence-electron chi connectivity index (χ3n) is 5.24. The Balaban J connectivity index is 4.48. The van der Waals surface area contributed by atoms with Crippen molar-refractivity contribution in [1.29, 1.82) is 0 Å². The summed E-state index contributed by atoms with van der Waals surface area (Å²) in [5, 5.41) is 22.4. The van der Waals surface area contributed by atoms with Crippen LogP contribution < -0.4 is 10.2 Å². The third-order valence-corrected chi connectivity index (χ3v) is 5.24. The number of hydrogen-bond donors (Lipinski definition) is 0. The molecule has 0 spiro atoms. The van der Waals surface area contributed by atoms with E-state index < -0.39 is 17.4 Å². The lowest BCUT2D eigenvalue weighted by Gasteiger charge is -2.35. The van der Waals surface area contributed by atoms with E-state index in [-0.39, 0.29) is 6.42 Å². The fraction of sp³-hybridized carbons (Fsp3) is 0.905. The Morgan fingerprint density at radius 1 is 0.640 bits per heavy atom. The van der Waals surface area contributed by atoms with Crippen molar-refractivity contribution >= 4 is 11.9 Å². The number of unbranched alkanes of at least 4 members (excludes halogenated alkanes) is 9. The van der Waals surface area contributed by atoms with Crippen molar-refractivity contribution in [2.75, 3.05) is 0 Å². The first-order valence-corrected chi connectivity index (χ1v) is 10.4. The summed E-state index contributed by atoms with van der Waals surface area (Å²) in [6.45, 7) is 4.31. The van der Waals surface area contributed by atoms with Crippen molar-refractivity contribution in [1.82, 2.24) is 0 Å². The molecule has 0 aromatic rings. The smallest absolute Gasteiger partial charge is 0.0476 e. The molecule has 148 valence electrons. The molecule has 0 saturated carbocycles. The molecule has 0 saturated heterocycles. The molecule has 0 aromatic heterocycles. The third kappa shape index (κ3) is 12.0. The van der Waals surface area contributed by atoms with Crippen LogP contribution in [0.15, 0.2) is 0 Å². The minimum absolute atomic E-state index is 0.0969. The first-order valence-electron chi connectivity index (χ1n) is 10.4. The Hall–Kier alpha value is -1.06. The first kappa shape index (κ1) is 23.9. The van der Waals surface area contributed by atoms with E-state index in [4.69, 9.17) is 0 Å². The van der Waals surface area contributed by atoms with Gasteiger partial charge in [-0.15, -0.1) is 0 Å². The molecule has 4 heteroatoms. The van der Waals surface area contributed by atoms with E-state index in [1.807, 2.05) is 0 Å². The molecule has 0 aliphatic carbocycles. The van der Waals surface area contributed by atoms with Crippen LogP contribution in [0.3, 0.4) is 0 Å². The van der Waals surface area contributed by atoms with E-state index >= 15 is 0 Å². The highest BCUT2D eigenvalue weighted by Crippen LogP contribution is 2.37. The maximum absolute atomic E-state index is 12.0. The first-order chi connectivity index (χ1) is 12.0. The highest BCUT2D eigenvalue weighted by molar-refractivity contribution is 5.72. The lowest BCUT2D eigenvalue weighted by atomic mass is 9.74. The van der Waals surface area contributed by atoms with E-state index in [0.717, 1.165) is 83.5 Å². The van der Waals surface area contributed by atoms with Crippen LogP contribution in [-0.4, -0.2) is 11.9 Å². The molecule has 4 nitrogen and oxygen atoms in total. The van der Waals surface area contributed by atoms with E-state index in [0.29, 0.717) is 12.8 Å². The predicted molar refractivity (Wildman–Crippen MR) is 97.7 cm³/mol. The SMILES string of the molecule is CCCCCCC(CCCCCC)(CCCCCCC(=O)[O-])C(=O)[O-]. The van der Waals surface area contributed by atoms with Crippen molar-refractivity contribution in [2.24, 2.45) is 5.41 Å². The molecule has 0 heterocycles. The topological polar surface area (TPSA) is 80.3 Å². The molecule has 0 amide bonds. The van der Waals surface area contributed by atoms with Gasteiger partial charge in [-0.05, 0) is 32.1 Å². The predicted octanol–water partition coefficient (Wildman–Crippen LogP) is 3.75. The molecular weight excluding hydrogens is 316 g/mol. The van der Waals surface area contributed by atoms with Gasteiger partial charge in [-0.3, -0.25) is 0 Å². The van der Waals surface area contributed by atoms with Crippen LogP contribution >= 0.6 is 0 Å². The summed E-state index contributed by atoms with van der Waals surface area (Å²) in [5.41, 5.74) is -0.685. The average molecular weight is 355 g/mol. The van der Waals surface area contributed by atoms with Crippen LogP contribution in [0, 0.1) is 5.41 Å². The zero-order chi connectivity index (χ0) is 19.0. The van der Waals surface area contributed by atoms with Crippen LogP contribution in [0.25, 0.3) is 0 Å². The molecule has 0 atom stereocenters. The van der Waals surface area contributed by atoms with Crippen molar-refractivity contribution in [2.45, 2.75) is 117 Å². The summed E-state index contributed by atoms with van der Waals surface area (Å²) in [5.74, 6) is -1.88. The molecule has 0 radical (unpaired) electrons. The van der Waals surface area contributed by atoms with Crippen LogP contribution in [0.2, 0.25) is 0 Å². The maximum atomic E-state index is 12.0. The van der Waals surface area contributed by atoms with E-state index in [9.17, 15) is 19.8 Å². The fourth-order valence-corrected chi connectivity index (χ4v) is 3.55. The second-order valence-corrected chi connectivity index (χ2v) is 7.48. The highest BCUT2D eigenvalue weighted by atomic mass is 16.4. The second kappa shape index (κ2) is 15.2. The zero-order valence-electron chi connectivity index (χ0n) is 16.4. The van der Waals surface area contributed by atoms with Gasteiger partial charge in [0.1, 0.15) is 0 Å². The van der Waals surface area contributed by atoms with Gasteiger partial charge in [0, 0.05) is 17.4 Å². The molecule has 0 rings (SSSR count). The number of carboxylic acids is 2. The van der Waals surface area contributed by atoms with Crippen LogP contribution in [-0.2, 0) is 9.59 Å². The number of carbonyl (C=O) groups excluding carboxylic acids is 2. The normalized spacial score (nSPS) is 11.6. The molecule has 0 bridgehead atoms. The maximum Gasteiger partial charge on any atom is 0.0476 e. The van der Waals surface area contributed by atoms with Gasteiger partial charge < -0.3 is 19.8 Å². The summed E-state index contributed by atoms with van der Waals surface area (Å²) in [6, 6.07) is 0. The molecular formula is C21H38O4-2. The van der Waals surface area contributed by atoms with Crippen LogP contribution in [0.1, 0.15) is 117 Å². The number of rotatable bonds is 18. The van der Waals surface area contributed by atoms with Crippen molar-refractivity contribution in [3.05, 3.63) is 0 Å². The van der Waals surface area contributed by atoms with Crippen LogP contribution in [0.5, 0.6) is 0 Å². The second-order valence-electron chi connectivity index (χ2n) is 7.48. The minimum Gasteiger partial charge on any atom is -0.550 e. The highest BCUT2D eigenvalue weighted by Gasteiger charge is 2.30. The summed E-state index contributed by atoms with van der Waals surface area (Å²) in [4.78, 5) is 22.4. The number of aliphatic carboxylic acids is 2. The Morgan fingerprint density at radius 3 is 1.40 bits per heavy atom. The van der Waals surface area contributed by atoms with Gasteiger partial charge in [0.25, 0.3) is 0 Å². The van der Waals surface area contributed by atoms with Gasteiger partial charge in [-0.1, -0.05) is 84.5 Å². The Morgan fingerprint density at radius 2 is 1.04 bits per heavy atom. The van der Waals surface area contributed by atoms with E-state index in [1.165, 1.54) is 0 Å². The van der Waals surface area contributed by atoms with Crippen LogP contribution in [0.4, 0.5) is 0 Å². The molecule has 0 aliphatic rings. The Kier molecular flexibility index (Phi) is 14.6. The fourth-order valence-electron chi connectivity index (χ4n) is 3.55. The van der Waals surface area contributed by atoms with Crippen molar-refractivity contribution < 1.29 is 19.8 Å². The molecule has 0 N–H and O–H groups in total. The number of hydrogen-bond acceptors (Lipinski definition) is 4. The van der Waals surface area contributed by atoms with Gasteiger partial charge in [0.2, 0.25) is 0 Å². The standard InChI is InChI=1S/C21H40O4/c1-3-5-7-12-16-21(20(24)25,17-13-8-6-4-2)18-14-10-9-11-15-19(22)23/h3-18H2,1-2H3,(H,22,23)(H,24,25)/p-2. The quantitative estimate of drug-likeness (QED) is 0.351. The van der Waals surface area contributed by atoms with Gasteiger partial charge in [-0.25, -0.2) is 0 Å². The average Bonchev–Trinajstić information content (AvgIpc) is 2.57. The Bertz CT molecular complexity index is 340. The van der Waals surface area contributed by atoms with Gasteiger partial charge in [0.15, 0.2) is 0 Å². The summed E-state index contributed by atoms with van der Waals surface area (Å²) in [6.07, 6.45) is 14.1. The lowest BCUT2D eigenvalue weighted by Crippen LogP contribution is -2.42. The van der Waals surface area contributed by atoms with Crippen molar-refractivity contribution in [3.8, 4) is 0 Å². The molecule has 0 unspecified atom stereocenters. The molecule has 0 aromatic carbocycles. The zero-order valence-corrected chi connectivity index (χ0v) is 16.4. The number of carbonyl (C=O) groups is 2. The minimum atomic E-state index is -1.00. The Labute approximate surface area is 154 Å². The van der Waals surface area contributed by atoms with Crippen molar-refractivity contribution in [3.63, 3.8) is 0 Å².